The quantitative estimate of drug-likeness (QED) is 0.140. The molecule has 1 heterocycles. The molecule has 19 heteroatoms. The number of benzene rings is 3. The lowest BCUT2D eigenvalue weighted by molar-refractivity contribution is -0.275. The normalized spacial score (nSPS) is 20.4. The Balaban J connectivity index is 1.53. The molecule has 0 aliphatic heterocycles. The van der Waals surface area contributed by atoms with Gasteiger partial charge in [0.1, 0.15) is 47.2 Å². The monoisotopic (exact) mass is 1010 g/mol. The zero-order valence-electron chi connectivity index (χ0n) is 42.3. The number of nitrogens with zero attached hydrogens (tertiary/aromatic N) is 3. The third kappa shape index (κ3) is 10.4. The van der Waals surface area contributed by atoms with E-state index in [1.165, 1.54) is 41.5 Å². The highest BCUT2D eigenvalue weighted by atomic mass is 28.4. The van der Waals surface area contributed by atoms with Gasteiger partial charge in [0.15, 0.2) is 31.2 Å². The molecule has 1 N–H and O–H groups in total. The summed E-state index contributed by atoms with van der Waals surface area (Å²) in [7, 11) is 0.274. The van der Waals surface area contributed by atoms with Gasteiger partial charge in [-0.2, -0.15) is 4.90 Å². The zero-order chi connectivity index (χ0) is 52.4. The van der Waals surface area contributed by atoms with Crippen LogP contribution in [0.4, 0.5) is 28.4 Å². The number of allylic oxidation sites excluding steroid dienone is 1. The molecule has 382 valence electrons. The van der Waals surface area contributed by atoms with Crippen LogP contribution in [0.3, 0.4) is 0 Å². The number of rotatable bonds is 11. The molecule has 0 radical (unpaired) electrons. The number of fused-ring (bicyclic) bond motifs is 4. The number of alkyl halides is 3. The summed E-state index contributed by atoms with van der Waals surface area (Å²) < 4.78 is 85.9. The van der Waals surface area contributed by atoms with Gasteiger partial charge in [0.25, 0.3) is 5.88 Å². The lowest BCUT2D eigenvalue weighted by atomic mass is 9.58. The molecule has 4 aromatic rings. The number of hydrogen-bond acceptors (Lipinski definition) is 14. The van der Waals surface area contributed by atoms with E-state index in [-0.39, 0.29) is 54.4 Å². The second-order valence-corrected chi connectivity index (χ2v) is 26.6. The molecule has 1 aromatic heterocycles. The minimum Gasteiger partial charge on any atom is -0.508 e. The van der Waals surface area contributed by atoms with Crippen LogP contribution in [0.15, 0.2) is 82.6 Å². The smallest absolute Gasteiger partial charge is 0.508 e. The van der Waals surface area contributed by atoms with E-state index in [0.717, 1.165) is 11.6 Å². The van der Waals surface area contributed by atoms with E-state index >= 15 is 9.59 Å². The van der Waals surface area contributed by atoms with Gasteiger partial charge in [0.2, 0.25) is 5.78 Å². The fourth-order valence-electron chi connectivity index (χ4n) is 9.11. The van der Waals surface area contributed by atoms with Crippen LogP contribution >= 0.6 is 0 Å². The topological polar surface area (TPSA) is 176 Å². The maximum atomic E-state index is 15.9. The molecule has 7 rings (SSSR count). The number of ether oxygens (including phenoxy) is 5. The maximum Gasteiger partial charge on any atom is 0.573 e. The molecule has 0 saturated carbocycles. The minimum absolute atomic E-state index is 0.0102. The second kappa shape index (κ2) is 18.8. The Morgan fingerprint density at radius 2 is 1.37 bits per heavy atom. The minimum atomic E-state index is -5.37. The summed E-state index contributed by atoms with van der Waals surface area (Å²) in [5.41, 5.74) is -5.54. The van der Waals surface area contributed by atoms with Crippen molar-refractivity contribution >= 4 is 37.8 Å². The van der Waals surface area contributed by atoms with E-state index in [0.29, 0.717) is 10.5 Å². The number of carbonyl (C=O) groups is 4. The van der Waals surface area contributed by atoms with E-state index in [1.54, 1.807) is 49.3 Å². The molecule has 15 nitrogen and oxygen atoms in total. The maximum absolute atomic E-state index is 15.9. The first-order chi connectivity index (χ1) is 32.8. The highest BCUT2D eigenvalue weighted by molar-refractivity contribution is 6.74. The zero-order valence-corrected chi connectivity index (χ0v) is 43.3. The Morgan fingerprint density at radius 3 is 1.86 bits per heavy atom. The van der Waals surface area contributed by atoms with Gasteiger partial charge in [0, 0.05) is 23.1 Å². The third-order valence-electron chi connectivity index (χ3n) is 13.1. The van der Waals surface area contributed by atoms with Crippen molar-refractivity contribution < 1.29 is 70.1 Å². The molecule has 71 heavy (non-hydrogen) atoms. The van der Waals surface area contributed by atoms with Gasteiger partial charge in [-0.25, -0.2) is 9.59 Å². The van der Waals surface area contributed by atoms with Crippen molar-refractivity contribution in [3.05, 3.63) is 112 Å². The number of hydrogen-bond donors (Lipinski definition) is 1. The SMILES string of the molecule is CN(C)[C@@H]1c2onc(OCc3ccccc3)c2C(=O)C2(O[Si](C)(C)C(C)(C)C)C(O)=C3C(=O)c4c(c(OC(F)(F)F)cc(N(C(=O)OC(C)(C)C)C(=O)OC(C)(C)C)c4OCc4ccccc4)C[C@H]3C[C@@H]12. The van der Waals surface area contributed by atoms with Crippen LogP contribution in [0.5, 0.6) is 17.4 Å². The summed E-state index contributed by atoms with van der Waals surface area (Å²) in [4.78, 5) is 62.4. The number of amides is 2. The summed E-state index contributed by atoms with van der Waals surface area (Å²) in [6.45, 7) is 18.4. The van der Waals surface area contributed by atoms with Gasteiger partial charge in [-0.1, -0.05) is 81.4 Å². The summed E-state index contributed by atoms with van der Waals surface area (Å²) in [6.07, 6.45) is -8.62. The summed E-state index contributed by atoms with van der Waals surface area (Å²) in [6, 6.07) is 17.6. The van der Waals surface area contributed by atoms with E-state index in [9.17, 15) is 27.9 Å². The van der Waals surface area contributed by atoms with Crippen molar-refractivity contribution in [1.82, 2.24) is 10.1 Å². The Kier molecular flexibility index (Phi) is 13.9. The lowest BCUT2D eigenvalue weighted by Gasteiger charge is -2.55. The molecule has 2 amide bonds. The molecule has 4 atom stereocenters. The molecule has 0 spiro atoms. The summed E-state index contributed by atoms with van der Waals surface area (Å²) >= 11 is 0. The van der Waals surface area contributed by atoms with Crippen LogP contribution < -0.4 is 19.1 Å². The predicted octanol–water partition coefficient (Wildman–Crippen LogP) is 11.9. The first-order valence-corrected chi connectivity index (χ1v) is 26.2. The Labute approximate surface area is 412 Å². The Hall–Kier alpha value is -6.18. The Morgan fingerprint density at radius 1 is 0.831 bits per heavy atom. The van der Waals surface area contributed by atoms with Crippen LogP contribution in [-0.4, -0.2) is 84.5 Å². The molecule has 0 fully saturated rings. The highest BCUT2D eigenvalue weighted by Crippen LogP contribution is 2.61. The van der Waals surface area contributed by atoms with E-state index < -0.39 is 107 Å². The average molecular weight is 1010 g/mol. The number of anilines is 1. The van der Waals surface area contributed by atoms with Crippen LogP contribution in [-0.2, 0) is 33.5 Å². The van der Waals surface area contributed by atoms with Crippen molar-refractivity contribution in [2.24, 2.45) is 11.8 Å². The number of aromatic nitrogens is 1. The summed E-state index contributed by atoms with van der Waals surface area (Å²) in [5, 5.41) is 16.9. The number of Topliss-reactive ketones (excluding diaryl/α,β-unsaturated/α-hetero) is 2. The highest BCUT2D eigenvalue weighted by Gasteiger charge is 2.67. The number of imide groups is 1. The van der Waals surface area contributed by atoms with E-state index in [4.69, 9.17) is 32.6 Å². The fourth-order valence-corrected chi connectivity index (χ4v) is 10.6. The first kappa shape index (κ1) is 52.6. The van der Waals surface area contributed by atoms with Crippen LogP contribution in [0.2, 0.25) is 18.1 Å². The molecular weight excluding hydrogens is 944 g/mol. The predicted molar refractivity (Wildman–Crippen MR) is 257 cm³/mol. The first-order valence-electron chi connectivity index (χ1n) is 23.3. The molecule has 3 aliphatic carbocycles. The van der Waals surface area contributed by atoms with Gasteiger partial charge in [-0.3, -0.25) is 14.5 Å². The number of aliphatic hydroxyl groups excluding tert-OH is 1. The molecule has 3 aromatic carbocycles. The lowest BCUT2D eigenvalue weighted by Crippen LogP contribution is -2.65. The molecular formula is C52H62F3N3O12Si. The largest absolute Gasteiger partial charge is 0.573 e. The summed E-state index contributed by atoms with van der Waals surface area (Å²) in [5.74, 6) is -6.23. The second-order valence-electron chi connectivity index (χ2n) is 21.9. The van der Waals surface area contributed by atoms with Gasteiger partial charge < -0.3 is 37.7 Å². The van der Waals surface area contributed by atoms with Crippen molar-refractivity contribution in [3.8, 4) is 17.4 Å². The number of ketones is 2. The third-order valence-corrected chi connectivity index (χ3v) is 17.5. The Bertz CT molecular complexity index is 2710. The van der Waals surface area contributed by atoms with E-state index in [2.05, 4.69) is 5.16 Å². The number of aliphatic hydroxyl groups is 1. The van der Waals surface area contributed by atoms with Crippen molar-refractivity contribution in [3.63, 3.8) is 0 Å². The van der Waals surface area contributed by atoms with Gasteiger partial charge in [-0.05, 0) is 109 Å². The molecule has 1 unspecified atom stereocenters. The van der Waals surface area contributed by atoms with E-state index in [1.807, 2.05) is 64.2 Å². The number of halogens is 3. The van der Waals surface area contributed by atoms with Gasteiger partial charge >= 0.3 is 18.5 Å². The van der Waals surface area contributed by atoms with Crippen molar-refractivity contribution in [1.29, 1.82) is 0 Å². The molecule has 0 bridgehead atoms. The van der Waals surface area contributed by atoms with Crippen LogP contribution in [0.1, 0.15) is 118 Å². The fraction of sp³-hybridized carbons (Fsp3) is 0.481. The van der Waals surface area contributed by atoms with Crippen LogP contribution in [0, 0.1) is 11.8 Å². The van der Waals surface area contributed by atoms with Gasteiger partial charge in [-0.15, -0.1) is 13.2 Å². The standard InChI is InChI=1S/C52H62F3N3O12Si/c1-48(2,3)67-46(62)58(47(63)68-49(4,5)6)34-26-35(66-52(53,54)55)32-24-31-25-33-39(57(10)11)42-38(45(56-69-42)65-28-30-22-18-15-19-23-30)44(61)51(33,70-71(12,13)50(7,8)9)43(60)36(31)40(59)37(32)41(34)64-27-29-20-16-14-17-21-29/h14-23,26,31,33,39,60H,24-25,27-28H2,1-13H3/t31-,33-,39-,51?/m0/s1. The number of carbonyl (C=O) groups excluding carboxylic acids is 4. The van der Waals surface area contributed by atoms with Crippen LogP contribution in [0.25, 0.3) is 0 Å². The molecule has 3 aliphatic rings. The van der Waals surface area contributed by atoms with Crippen molar-refractivity contribution in [2.75, 3.05) is 19.0 Å². The molecule has 0 saturated heterocycles. The average Bonchev–Trinajstić information content (AvgIpc) is 3.65. The van der Waals surface area contributed by atoms with Crippen molar-refractivity contribution in [2.45, 2.75) is 136 Å². The van der Waals surface area contributed by atoms with Gasteiger partial charge in [0.05, 0.1) is 11.6 Å².